The molecule has 3 unspecified atom stereocenters. The zero-order chi connectivity index (χ0) is 15.7. The Hall–Kier alpha value is -1.11. The third kappa shape index (κ3) is 2.87. The quantitative estimate of drug-likeness (QED) is 0.424. The molecule has 0 bridgehead atoms. The Balaban J connectivity index is 1.86. The Labute approximate surface area is 144 Å². The van der Waals surface area contributed by atoms with Crippen LogP contribution in [0.25, 0.3) is 0 Å². The Morgan fingerprint density at radius 1 is 1.18 bits per heavy atom. The van der Waals surface area contributed by atoms with Gasteiger partial charge in [-0.3, -0.25) is 4.79 Å². The van der Waals surface area contributed by atoms with E-state index in [1.165, 1.54) is 7.11 Å². The van der Waals surface area contributed by atoms with Gasteiger partial charge in [0, 0.05) is 6.04 Å². The summed E-state index contributed by atoms with van der Waals surface area (Å²) < 4.78 is 4.83. The van der Waals surface area contributed by atoms with E-state index in [4.69, 9.17) is 4.74 Å². The molecule has 2 saturated heterocycles. The molecule has 1 amide bonds. The summed E-state index contributed by atoms with van der Waals surface area (Å²) in [5.74, 6) is -0.0481. The van der Waals surface area contributed by atoms with Gasteiger partial charge in [-0.2, -0.15) is 0 Å². The molecule has 0 aromatic heterocycles. The summed E-state index contributed by atoms with van der Waals surface area (Å²) in [5.41, 5.74) is 1.67. The second-order valence-corrected chi connectivity index (χ2v) is 7.51. The zero-order valence-corrected chi connectivity index (χ0v) is 14.8. The fourth-order valence-electron chi connectivity index (χ4n) is 3.61. The van der Waals surface area contributed by atoms with Crippen molar-refractivity contribution in [3.8, 4) is 0 Å². The number of amides is 1. The Kier molecular flexibility index (Phi) is 4.70. The summed E-state index contributed by atoms with van der Waals surface area (Å²) in [4.78, 5) is 26.3. The number of hydrogen-bond acceptors (Lipinski definition) is 3. The summed E-state index contributed by atoms with van der Waals surface area (Å²) >= 11 is 2.27. The normalized spacial score (nSPS) is 28.2. The van der Waals surface area contributed by atoms with Crippen LogP contribution in [0.1, 0.15) is 54.1 Å². The van der Waals surface area contributed by atoms with Crippen LogP contribution in [-0.2, 0) is 9.53 Å². The Morgan fingerprint density at radius 3 is 2.59 bits per heavy atom. The maximum absolute atomic E-state index is 12.6. The lowest BCUT2D eigenvalue weighted by Crippen LogP contribution is -2.52. The van der Waals surface area contributed by atoms with Crippen molar-refractivity contribution in [2.75, 3.05) is 7.11 Å². The highest BCUT2D eigenvalue weighted by molar-refractivity contribution is 14.1. The molecule has 118 valence electrons. The number of methoxy groups -OCH3 is 1. The van der Waals surface area contributed by atoms with Crippen molar-refractivity contribution in [1.82, 2.24) is 4.90 Å². The molecule has 0 aliphatic carbocycles. The van der Waals surface area contributed by atoms with Crippen LogP contribution in [0.15, 0.2) is 24.3 Å². The predicted molar refractivity (Wildman–Crippen MR) is 92.0 cm³/mol. The molecule has 3 rings (SSSR count). The number of hydrogen-bond donors (Lipinski definition) is 0. The van der Waals surface area contributed by atoms with Crippen LogP contribution in [0.4, 0.5) is 0 Å². The molecule has 0 spiro atoms. The van der Waals surface area contributed by atoms with Gasteiger partial charge in [-0.25, -0.2) is 4.79 Å². The van der Waals surface area contributed by atoms with Gasteiger partial charge in [0.05, 0.1) is 22.6 Å². The second-order valence-electron chi connectivity index (χ2n) is 6.00. The highest BCUT2D eigenvalue weighted by Gasteiger charge is 2.40. The van der Waals surface area contributed by atoms with E-state index in [1.54, 1.807) is 12.1 Å². The molecule has 1 aromatic carbocycles. The number of carbonyl (C=O) groups is 2. The van der Waals surface area contributed by atoms with Crippen LogP contribution >= 0.6 is 22.6 Å². The summed E-state index contributed by atoms with van der Waals surface area (Å²) in [6.45, 7) is 0. The van der Waals surface area contributed by atoms with E-state index in [-0.39, 0.29) is 21.8 Å². The first-order valence-electron chi connectivity index (χ1n) is 7.76. The molecular weight excluding hydrogens is 393 g/mol. The lowest BCUT2D eigenvalue weighted by atomic mass is 9.85. The van der Waals surface area contributed by atoms with Crippen molar-refractivity contribution >= 4 is 34.5 Å². The average molecular weight is 413 g/mol. The minimum Gasteiger partial charge on any atom is -0.465 e. The third-order valence-electron chi connectivity index (χ3n) is 4.74. The number of alkyl halides is 1. The number of benzene rings is 1. The molecule has 0 N–H and O–H groups in total. The molecule has 0 saturated carbocycles. The SMILES string of the molecule is COC(=O)c1ccc(C2CCCC3CCC(I)C(=O)N32)cc1. The second kappa shape index (κ2) is 6.56. The van der Waals surface area contributed by atoms with Gasteiger partial charge >= 0.3 is 5.97 Å². The first-order valence-corrected chi connectivity index (χ1v) is 9.01. The number of halogens is 1. The smallest absolute Gasteiger partial charge is 0.337 e. The number of esters is 1. The minimum absolute atomic E-state index is 0.101. The van der Waals surface area contributed by atoms with Gasteiger partial charge < -0.3 is 9.64 Å². The number of nitrogens with zero attached hydrogens (tertiary/aromatic N) is 1. The van der Waals surface area contributed by atoms with Gasteiger partial charge in [-0.15, -0.1) is 0 Å². The third-order valence-corrected chi connectivity index (χ3v) is 5.89. The summed E-state index contributed by atoms with van der Waals surface area (Å²) in [5, 5.41) is 0. The van der Waals surface area contributed by atoms with E-state index in [2.05, 4.69) is 27.5 Å². The topological polar surface area (TPSA) is 46.6 Å². The summed E-state index contributed by atoms with van der Waals surface area (Å²) in [6.07, 6.45) is 5.38. The van der Waals surface area contributed by atoms with Crippen LogP contribution in [0, 0.1) is 0 Å². The van der Waals surface area contributed by atoms with E-state index in [0.29, 0.717) is 11.6 Å². The summed E-state index contributed by atoms with van der Waals surface area (Å²) in [6, 6.07) is 8.04. The van der Waals surface area contributed by atoms with Crippen molar-refractivity contribution in [2.45, 2.75) is 48.1 Å². The van der Waals surface area contributed by atoms with Crippen LogP contribution < -0.4 is 0 Å². The monoisotopic (exact) mass is 413 g/mol. The summed E-state index contributed by atoms with van der Waals surface area (Å²) in [7, 11) is 1.38. The molecule has 2 aliphatic rings. The van der Waals surface area contributed by atoms with Gasteiger partial charge in [-0.1, -0.05) is 34.7 Å². The largest absolute Gasteiger partial charge is 0.465 e. The molecule has 2 fully saturated rings. The van der Waals surface area contributed by atoms with E-state index < -0.39 is 0 Å². The Morgan fingerprint density at radius 2 is 1.91 bits per heavy atom. The molecule has 0 radical (unpaired) electrons. The Bertz CT molecular complexity index is 572. The fraction of sp³-hybridized carbons (Fsp3) is 0.529. The molecule has 2 aliphatic heterocycles. The molecule has 4 nitrogen and oxygen atoms in total. The van der Waals surface area contributed by atoms with E-state index in [0.717, 1.165) is 37.7 Å². The minimum atomic E-state index is -0.325. The number of ether oxygens (including phenoxy) is 1. The maximum Gasteiger partial charge on any atom is 0.337 e. The van der Waals surface area contributed by atoms with Gasteiger partial charge in [0.25, 0.3) is 0 Å². The number of piperidine rings is 2. The first-order chi connectivity index (χ1) is 10.6. The van der Waals surface area contributed by atoms with Crippen LogP contribution in [0.3, 0.4) is 0 Å². The lowest BCUT2D eigenvalue weighted by Gasteiger charge is -2.46. The molecular formula is C17H20INO3. The molecule has 5 heteroatoms. The van der Waals surface area contributed by atoms with Crippen molar-refractivity contribution in [3.05, 3.63) is 35.4 Å². The molecule has 3 atom stereocenters. The van der Waals surface area contributed by atoms with E-state index in [9.17, 15) is 9.59 Å². The highest BCUT2D eigenvalue weighted by atomic mass is 127. The lowest BCUT2D eigenvalue weighted by molar-refractivity contribution is -0.140. The maximum atomic E-state index is 12.6. The standard InChI is InChI=1S/C17H20INO3/c1-22-17(21)12-7-5-11(6-8-12)15-4-2-3-13-9-10-14(18)16(20)19(13)15/h5-8,13-15H,2-4,9-10H2,1H3. The van der Waals surface area contributed by atoms with Crippen LogP contribution in [0.5, 0.6) is 0 Å². The number of rotatable bonds is 2. The number of carbonyl (C=O) groups excluding carboxylic acids is 2. The molecule has 1 aromatic rings. The van der Waals surface area contributed by atoms with Gasteiger partial charge in [0.2, 0.25) is 5.91 Å². The number of fused-ring (bicyclic) bond motifs is 1. The van der Waals surface area contributed by atoms with Crippen molar-refractivity contribution in [1.29, 1.82) is 0 Å². The zero-order valence-electron chi connectivity index (χ0n) is 12.6. The fourth-order valence-corrected chi connectivity index (χ4v) is 4.29. The van der Waals surface area contributed by atoms with Crippen molar-refractivity contribution in [2.24, 2.45) is 0 Å². The highest BCUT2D eigenvalue weighted by Crippen LogP contribution is 2.40. The van der Waals surface area contributed by atoms with Gasteiger partial charge in [0.15, 0.2) is 0 Å². The average Bonchev–Trinajstić information content (AvgIpc) is 2.57. The van der Waals surface area contributed by atoms with E-state index >= 15 is 0 Å². The molecule has 22 heavy (non-hydrogen) atoms. The molecule has 2 heterocycles. The van der Waals surface area contributed by atoms with Crippen LogP contribution in [0.2, 0.25) is 0 Å². The predicted octanol–water partition coefficient (Wildman–Crippen LogP) is 3.49. The van der Waals surface area contributed by atoms with Crippen molar-refractivity contribution in [3.63, 3.8) is 0 Å². The van der Waals surface area contributed by atoms with E-state index in [1.807, 2.05) is 12.1 Å². The van der Waals surface area contributed by atoms with Crippen molar-refractivity contribution < 1.29 is 14.3 Å². The first kappa shape index (κ1) is 15.8. The van der Waals surface area contributed by atoms with Gasteiger partial charge in [0.1, 0.15) is 0 Å². The van der Waals surface area contributed by atoms with Crippen LogP contribution in [-0.4, -0.2) is 33.9 Å². The van der Waals surface area contributed by atoms with Gasteiger partial charge in [-0.05, 0) is 49.8 Å².